The van der Waals surface area contributed by atoms with Gasteiger partial charge in [-0.1, -0.05) is 72.8 Å². The number of hydrogen-bond donors (Lipinski definition) is 0. The molecule has 3 heteroatoms. The molecule has 55 heavy (non-hydrogen) atoms. The molecule has 0 aliphatic carbocycles. The molecule has 0 radical (unpaired) electrons. The van der Waals surface area contributed by atoms with Gasteiger partial charge in [0.05, 0.1) is 5.52 Å². The first-order chi connectivity index (χ1) is 27.2. The summed E-state index contributed by atoms with van der Waals surface area (Å²) in [5.74, 6) is 0. The van der Waals surface area contributed by atoms with Crippen LogP contribution in [0.2, 0.25) is 0 Å². The number of aromatic nitrogens is 1. The minimum atomic E-state index is 0.333. The Balaban J connectivity index is 1.03. The Kier molecular flexibility index (Phi) is 7.55. The molecule has 2 heterocycles. The van der Waals surface area contributed by atoms with Crippen LogP contribution in [0.5, 0.6) is 0 Å². The van der Waals surface area contributed by atoms with Gasteiger partial charge in [-0.15, -0.1) is 0 Å². The smallest absolute Gasteiger partial charge is 0.0602 e. The zero-order chi connectivity index (χ0) is 36.3. The molecule has 0 unspecified atom stereocenters. The van der Waals surface area contributed by atoms with E-state index in [1.807, 2.05) is 0 Å². The molecular formula is C52H34N2Se. The van der Waals surface area contributed by atoms with Crippen LogP contribution >= 0.6 is 0 Å². The summed E-state index contributed by atoms with van der Waals surface area (Å²) in [6.45, 7) is 0. The average Bonchev–Trinajstić information content (AvgIpc) is 3.79. The second kappa shape index (κ2) is 13.0. The van der Waals surface area contributed by atoms with E-state index < -0.39 is 0 Å². The topological polar surface area (TPSA) is 8.17 Å². The van der Waals surface area contributed by atoms with Gasteiger partial charge in [0.25, 0.3) is 0 Å². The molecule has 0 saturated carbocycles. The third-order valence-corrected chi connectivity index (χ3v) is 13.4. The summed E-state index contributed by atoms with van der Waals surface area (Å²) in [4.78, 5) is 2.39. The van der Waals surface area contributed by atoms with E-state index in [1.54, 1.807) is 0 Å². The van der Waals surface area contributed by atoms with Crippen LogP contribution in [0, 0.1) is 0 Å². The van der Waals surface area contributed by atoms with Crippen LogP contribution in [0.3, 0.4) is 0 Å². The SMILES string of the molecule is c1ccc(-n2c3ccccc3c3cc(N(c4ccc(-c5ccc6ccccc6c5)cc4)c4ccc(-c5ccc6c(c5)[se]c5ccccc56)cc4)ccc32)cc1. The van der Waals surface area contributed by atoms with Gasteiger partial charge in [0.1, 0.15) is 0 Å². The zero-order valence-corrected chi connectivity index (χ0v) is 31.6. The summed E-state index contributed by atoms with van der Waals surface area (Å²) in [7, 11) is 0. The van der Waals surface area contributed by atoms with Gasteiger partial charge in [0.15, 0.2) is 0 Å². The number of hydrogen-bond acceptors (Lipinski definition) is 1. The van der Waals surface area contributed by atoms with Crippen LogP contribution in [-0.2, 0) is 0 Å². The molecule has 0 N–H and O–H groups in total. The maximum absolute atomic E-state index is 2.41. The third-order valence-electron chi connectivity index (χ3n) is 11.0. The Labute approximate surface area is 325 Å². The number of nitrogens with zero attached hydrogens (tertiary/aromatic N) is 2. The van der Waals surface area contributed by atoms with Crippen LogP contribution in [0.4, 0.5) is 17.1 Å². The fraction of sp³-hybridized carbons (Fsp3) is 0. The number of anilines is 3. The third kappa shape index (κ3) is 5.48. The number of fused-ring (bicyclic) bond motifs is 7. The zero-order valence-electron chi connectivity index (χ0n) is 29.9. The van der Waals surface area contributed by atoms with Gasteiger partial charge >= 0.3 is 198 Å². The monoisotopic (exact) mass is 766 g/mol. The molecule has 258 valence electrons. The van der Waals surface area contributed by atoms with E-state index in [0.29, 0.717) is 14.5 Å². The molecule has 9 aromatic carbocycles. The number of rotatable bonds is 6. The van der Waals surface area contributed by atoms with E-state index in [9.17, 15) is 0 Å². The van der Waals surface area contributed by atoms with E-state index in [1.165, 1.54) is 74.1 Å². The summed E-state index contributed by atoms with van der Waals surface area (Å²) in [6.07, 6.45) is 0. The molecule has 0 spiro atoms. The fourth-order valence-electron chi connectivity index (χ4n) is 8.28. The van der Waals surface area contributed by atoms with Crippen molar-refractivity contribution in [2.75, 3.05) is 4.90 Å². The molecule has 0 atom stereocenters. The van der Waals surface area contributed by atoms with Crippen molar-refractivity contribution in [2.24, 2.45) is 0 Å². The normalized spacial score (nSPS) is 11.6. The van der Waals surface area contributed by atoms with Crippen molar-refractivity contribution in [1.29, 1.82) is 0 Å². The van der Waals surface area contributed by atoms with E-state index in [0.717, 1.165) is 22.7 Å². The Morgan fingerprint density at radius 3 is 1.67 bits per heavy atom. The van der Waals surface area contributed by atoms with E-state index in [4.69, 9.17) is 0 Å². The first kappa shape index (κ1) is 31.8. The van der Waals surface area contributed by atoms with Gasteiger partial charge in [-0.05, 0) is 40.6 Å². The van der Waals surface area contributed by atoms with Crippen LogP contribution in [0.1, 0.15) is 0 Å². The van der Waals surface area contributed by atoms with Gasteiger partial charge in [-0.25, -0.2) is 0 Å². The fourth-order valence-corrected chi connectivity index (χ4v) is 10.7. The van der Waals surface area contributed by atoms with Crippen molar-refractivity contribution >= 4 is 83.4 Å². The van der Waals surface area contributed by atoms with Crippen LogP contribution < -0.4 is 4.90 Å². The summed E-state index contributed by atoms with van der Waals surface area (Å²) < 4.78 is 5.32. The number of benzene rings is 9. The molecule has 0 saturated heterocycles. The molecule has 0 aliphatic heterocycles. The molecule has 11 rings (SSSR count). The molecule has 0 fully saturated rings. The molecular weight excluding hydrogens is 732 g/mol. The van der Waals surface area contributed by atoms with Gasteiger partial charge < -0.3 is 4.57 Å². The second-order valence-corrected chi connectivity index (χ2v) is 16.5. The van der Waals surface area contributed by atoms with Crippen molar-refractivity contribution in [2.45, 2.75) is 0 Å². The van der Waals surface area contributed by atoms with Crippen molar-refractivity contribution in [3.05, 3.63) is 206 Å². The van der Waals surface area contributed by atoms with Crippen molar-refractivity contribution in [1.82, 2.24) is 4.57 Å². The van der Waals surface area contributed by atoms with Crippen LogP contribution in [0.15, 0.2) is 206 Å². The standard InChI is InChI=1S/C52H34N2Se/c1-2-12-41(13-3-1)54-49-16-8-6-14-45(49)48-34-44(29-31-50(48)54)53(42-25-20-36(21-26-42)39-19-18-35-10-4-5-11-38(35)32-39)43-27-22-37(23-28-43)40-24-30-47-46-15-7-9-17-51(46)55-52(47)33-40/h1-34H. The summed E-state index contributed by atoms with van der Waals surface area (Å²) >= 11 is 0.333. The Hall–Kier alpha value is -6.64. The Bertz CT molecular complexity index is 3190. The second-order valence-electron chi connectivity index (χ2n) is 14.2. The van der Waals surface area contributed by atoms with Crippen molar-refractivity contribution in [3.63, 3.8) is 0 Å². The average molecular weight is 766 g/mol. The van der Waals surface area contributed by atoms with Gasteiger partial charge in [-0.3, -0.25) is 0 Å². The minimum absolute atomic E-state index is 0.333. The molecule has 2 nitrogen and oxygen atoms in total. The predicted octanol–water partition coefficient (Wildman–Crippen LogP) is 14.1. The van der Waals surface area contributed by atoms with Gasteiger partial charge in [0, 0.05) is 5.69 Å². The van der Waals surface area contributed by atoms with Crippen LogP contribution in [-0.4, -0.2) is 19.1 Å². The van der Waals surface area contributed by atoms with E-state index in [-0.39, 0.29) is 0 Å². The summed E-state index contributed by atoms with van der Waals surface area (Å²) in [5, 5.41) is 7.76. The molecule has 0 bridgehead atoms. The molecule has 2 aromatic heterocycles. The summed E-state index contributed by atoms with van der Waals surface area (Å²) in [6, 6.07) is 75.6. The Morgan fingerprint density at radius 2 is 0.891 bits per heavy atom. The minimum Gasteiger partial charge on any atom is -0.0602 e. The van der Waals surface area contributed by atoms with Crippen molar-refractivity contribution < 1.29 is 0 Å². The molecule has 11 aromatic rings. The predicted molar refractivity (Wildman–Crippen MR) is 236 cm³/mol. The first-order valence-corrected chi connectivity index (χ1v) is 20.5. The van der Waals surface area contributed by atoms with Gasteiger partial charge in [0.2, 0.25) is 0 Å². The van der Waals surface area contributed by atoms with Gasteiger partial charge in [-0.2, -0.15) is 0 Å². The molecule has 0 amide bonds. The van der Waals surface area contributed by atoms with Crippen molar-refractivity contribution in [3.8, 4) is 27.9 Å². The molecule has 0 aliphatic rings. The summed E-state index contributed by atoms with van der Waals surface area (Å²) in [5.41, 5.74) is 11.8. The Morgan fingerprint density at radius 1 is 0.327 bits per heavy atom. The maximum atomic E-state index is 2.41. The number of para-hydroxylation sites is 2. The van der Waals surface area contributed by atoms with E-state index >= 15 is 0 Å². The van der Waals surface area contributed by atoms with E-state index in [2.05, 4.69) is 216 Å². The first-order valence-electron chi connectivity index (χ1n) is 18.7. The van der Waals surface area contributed by atoms with Crippen LogP contribution in [0.25, 0.3) is 79.8 Å². The quantitative estimate of drug-likeness (QED) is 0.153.